The zero-order valence-electron chi connectivity index (χ0n) is 9.61. The first kappa shape index (κ1) is 11.8. The van der Waals surface area contributed by atoms with E-state index >= 15 is 0 Å². The minimum Gasteiger partial charge on any atom is -0.372 e. The standard InChI is InChI=1S/C13H16N2O2/c14-5-1-2-6-15-13(16)10-3-4-11-8-17-9-12(11)7-10/h1-4,7H,5-6,8-9,14H2,(H,15,16)/b2-1+. The summed E-state index contributed by atoms with van der Waals surface area (Å²) in [6.45, 7) is 2.25. The summed E-state index contributed by atoms with van der Waals surface area (Å²) < 4.78 is 5.31. The van der Waals surface area contributed by atoms with Gasteiger partial charge in [0.2, 0.25) is 0 Å². The van der Waals surface area contributed by atoms with Crippen LogP contribution in [0.2, 0.25) is 0 Å². The van der Waals surface area contributed by atoms with E-state index in [-0.39, 0.29) is 5.91 Å². The fourth-order valence-electron chi connectivity index (χ4n) is 1.75. The molecule has 0 saturated carbocycles. The average Bonchev–Trinajstić information content (AvgIpc) is 2.81. The molecule has 1 amide bonds. The number of rotatable bonds is 4. The molecule has 1 aromatic carbocycles. The average molecular weight is 232 g/mol. The van der Waals surface area contributed by atoms with E-state index in [1.807, 2.05) is 30.4 Å². The Morgan fingerprint density at radius 2 is 2.18 bits per heavy atom. The maximum atomic E-state index is 11.8. The molecule has 0 saturated heterocycles. The highest BCUT2D eigenvalue weighted by Crippen LogP contribution is 2.20. The molecule has 0 unspecified atom stereocenters. The summed E-state index contributed by atoms with van der Waals surface area (Å²) in [4.78, 5) is 11.8. The summed E-state index contributed by atoms with van der Waals surface area (Å²) >= 11 is 0. The third kappa shape index (κ3) is 2.93. The Hall–Kier alpha value is -1.65. The van der Waals surface area contributed by atoms with Gasteiger partial charge in [0.1, 0.15) is 0 Å². The maximum Gasteiger partial charge on any atom is 0.251 e. The third-order valence-electron chi connectivity index (χ3n) is 2.67. The number of benzene rings is 1. The minimum atomic E-state index is -0.0682. The van der Waals surface area contributed by atoms with Crippen LogP contribution in [0.15, 0.2) is 30.4 Å². The van der Waals surface area contributed by atoms with Gasteiger partial charge in [0.25, 0.3) is 5.91 Å². The smallest absolute Gasteiger partial charge is 0.251 e. The molecule has 0 fully saturated rings. The SMILES string of the molecule is NC/C=C/CNC(=O)c1ccc2c(c1)COC2. The first-order valence-electron chi connectivity index (χ1n) is 5.64. The lowest BCUT2D eigenvalue weighted by molar-refractivity contribution is 0.0958. The number of hydrogen-bond acceptors (Lipinski definition) is 3. The van der Waals surface area contributed by atoms with Crippen LogP contribution in [0.1, 0.15) is 21.5 Å². The van der Waals surface area contributed by atoms with Crippen molar-refractivity contribution in [1.82, 2.24) is 5.32 Å². The molecule has 0 aromatic heterocycles. The molecule has 0 bridgehead atoms. The number of fused-ring (bicyclic) bond motifs is 1. The first-order valence-corrected chi connectivity index (χ1v) is 5.64. The van der Waals surface area contributed by atoms with Gasteiger partial charge in [-0.3, -0.25) is 4.79 Å². The molecule has 0 spiro atoms. The van der Waals surface area contributed by atoms with Crippen LogP contribution in [0.4, 0.5) is 0 Å². The van der Waals surface area contributed by atoms with Gasteiger partial charge in [-0.05, 0) is 23.3 Å². The van der Waals surface area contributed by atoms with Crippen LogP contribution in [-0.4, -0.2) is 19.0 Å². The van der Waals surface area contributed by atoms with Crippen molar-refractivity contribution in [2.45, 2.75) is 13.2 Å². The molecule has 4 nitrogen and oxygen atoms in total. The van der Waals surface area contributed by atoms with E-state index in [2.05, 4.69) is 5.32 Å². The van der Waals surface area contributed by atoms with Crippen molar-refractivity contribution in [1.29, 1.82) is 0 Å². The Morgan fingerprint density at radius 3 is 3.00 bits per heavy atom. The summed E-state index contributed by atoms with van der Waals surface area (Å²) in [6.07, 6.45) is 3.66. The normalized spacial score (nSPS) is 13.9. The minimum absolute atomic E-state index is 0.0682. The predicted octanol–water partition coefficient (Wildman–Crippen LogP) is 0.961. The van der Waals surface area contributed by atoms with Crippen LogP contribution in [0.3, 0.4) is 0 Å². The Kier molecular flexibility index (Phi) is 3.90. The fraction of sp³-hybridized carbons (Fsp3) is 0.308. The number of nitrogens with one attached hydrogen (secondary N) is 1. The van der Waals surface area contributed by atoms with Crippen LogP contribution in [0.25, 0.3) is 0 Å². The van der Waals surface area contributed by atoms with Gasteiger partial charge in [-0.1, -0.05) is 18.2 Å². The van der Waals surface area contributed by atoms with E-state index in [9.17, 15) is 4.79 Å². The number of amides is 1. The van der Waals surface area contributed by atoms with Crippen molar-refractivity contribution >= 4 is 5.91 Å². The summed E-state index contributed by atoms with van der Waals surface area (Å²) in [5.41, 5.74) is 8.26. The van der Waals surface area contributed by atoms with Crippen molar-refractivity contribution in [3.05, 3.63) is 47.0 Å². The maximum absolute atomic E-state index is 11.8. The van der Waals surface area contributed by atoms with Crippen LogP contribution in [-0.2, 0) is 18.0 Å². The fourth-order valence-corrected chi connectivity index (χ4v) is 1.75. The predicted molar refractivity (Wildman–Crippen MR) is 65.5 cm³/mol. The van der Waals surface area contributed by atoms with E-state index in [4.69, 9.17) is 10.5 Å². The van der Waals surface area contributed by atoms with E-state index in [0.29, 0.717) is 31.9 Å². The van der Waals surface area contributed by atoms with Crippen LogP contribution in [0, 0.1) is 0 Å². The third-order valence-corrected chi connectivity index (χ3v) is 2.67. The van der Waals surface area contributed by atoms with Crippen molar-refractivity contribution in [2.24, 2.45) is 5.73 Å². The molecule has 1 aliphatic heterocycles. The highest BCUT2D eigenvalue weighted by atomic mass is 16.5. The molecule has 1 aliphatic rings. The van der Waals surface area contributed by atoms with Gasteiger partial charge in [-0.2, -0.15) is 0 Å². The van der Waals surface area contributed by atoms with E-state index < -0.39 is 0 Å². The molecule has 90 valence electrons. The highest BCUT2D eigenvalue weighted by Gasteiger charge is 2.13. The lowest BCUT2D eigenvalue weighted by Crippen LogP contribution is -2.23. The van der Waals surface area contributed by atoms with Crippen LogP contribution < -0.4 is 11.1 Å². The summed E-state index contributed by atoms with van der Waals surface area (Å²) in [7, 11) is 0. The molecule has 0 radical (unpaired) electrons. The lowest BCUT2D eigenvalue weighted by atomic mass is 10.1. The number of hydrogen-bond donors (Lipinski definition) is 2. The van der Waals surface area contributed by atoms with Crippen LogP contribution in [0.5, 0.6) is 0 Å². The Balaban J connectivity index is 1.97. The second-order valence-electron chi connectivity index (χ2n) is 3.89. The van der Waals surface area contributed by atoms with Gasteiger partial charge in [0.05, 0.1) is 13.2 Å². The molecule has 0 aliphatic carbocycles. The zero-order valence-corrected chi connectivity index (χ0v) is 9.61. The molecular weight excluding hydrogens is 216 g/mol. The Bertz CT molecular complexity index is 441. The quantitative estimate of drug-likeness (QED) is 0.760. The van der Waals surface area contributed by atoms with Gasteiger partial charge in [0, 0.05) is 18.7 Å². The van der Waals surface area contributed by atoms with Gasteiger partial charge in [-0.25, -0.2) is 0 Å². The molecular formula is C13H16N2O2. The summed E-state index contributed by atoms with van der Waals surface area (Å²) in [5, 5.41) is 2.80. The van der Waals surface area contributed by atoms with Crippen molar-refractivity contribution < 1.29 is 9.53 Å². The Labute approximate surface area is 100 Å². The summed E-state index contributed by atoms with van der Waals surface area (Å²) in [6, 6.07) is 5.67. The molecule has 1 heterocycles. The molecule has 2 rings (SSSR count). The number of nitrogens with two attached hydrogens (primary N) is 1. The molecule has 0 atom stereocenters. The number of carbonyl (C=O) groups is 1. The van der Waals surface area contributed by atoms with Crippen molar-refractivity contribution in [3.63, 3.8) is 0 Å². The van der Waals surface area contributed by atoms with E-state index in [0.717, 1.165) is 5.56 Å². The zero-order chi connectivity index (χ0) is 12.1. The van der Waals surface area contributed by atoms with Gasteiger partial charge in [-0.15, -0.1) is 0 Å². The topological polar surface area (TPSA) is 64.3 Å². The van der Waals surface area contributed by atoms with Gasteiger partial charge < -0.3 is 15.8 Å². The number of carbonyl (C=O) groups excluding carboxylic acids is 1. The largest absolute Gasteiger partial charge is 0.372 e. The number of ether oxygens (including phenoxy) is 1. The summed E-state index contributed by atoms with van der Waals surface area (Å²) in [5.74, 6) is -0.0682. The van der Waals surface area contributed by atoms with Gasteiger partial charge >= 0.3 is 0 Å². The first-order chi connectivity index (χ1) is 8.31. The monoisotopic (exact) mass is 232 g/mol. The molecule has 4 heteroatoms. The van der Waals surface area contributed by atoms with E-state index in [1.54, 1.807) is 0 Å². The van der Waals surface area contributed by atoms with Gasteiger partial charge in [0.15, 0.2) is 0 Å². The second-order valence-corrected chi connectivity index (χ2v) is 3.89. The lowest BCUT2D eigenvalue weighted by Gasteiger charge is -2.04. The van der Waals surface area contributed by atoms with E-state index in [1.165, 1.54) is 5.56 Å². The second kappa shape index (κ2) is 5.61. The molecule has 1 aromatic rings. The van der Waals surface area contributed by atoms with Crippen LogP contribution >= 0.6 is 0 Å². The highest BCUT2D eigenvalue weighted by molar-refractivity contribution is 5.94. The molecule has 3 N–H and O–H groups in total. The van der Waals surface area contributed by atoms with Crippen molar-refractivity contribution in [2.75, 3.05) is 13.1 Å². The Morgan fingerprint density at radius 1 is 1.35 bits per heavy atom. The van der Waals surface area contributed by atoms with Crippen molar-refractivity contribution in [3.8, 4) is 0 Å². The molecule has 17 heavy (non-hydrogen) atoms.